The van der Waals surface area contributed by atoms with Crippen LogP contribution in [-0.2, 0) is 4.79 Å². The third-order valence-corrected chi connectivity index (χ3v) is 5.85. The second-order valence-electron chi connectivity index (χ2n) is 7.49. The van der Waals surface area contributed by atoms with Crippen molar-refractivity contribution in [2.24, 2.45) is 5.92 Å². The Balaban J connectivity index is 1.41. The average Bonchev–Trinajstić information content (AvgIpc) is 2.63. The van der Waals surface area contributed by atoms with E-state index in [0.717, 1.165) is 44.3 Å². The number of halogens is 1. The molecule has 4 nitrogen and oxygen atoms in total. The van der Waals surface area contributed by atoms with Crippen LogP contribution in [0.3, 0.4) is 0 Å². The molecule has 5 heteroatoms. The number of β-amino-alcohol motifs (C(OH)–C–C–N with tert-alkyl or cyclic N) is 1. The third-order valence-electron chi connectivity index (χ3n) is 5.60. The van der Waals surface area contributed by atoms with Crippen molar-refractivity contribution in [3.63, 3.8) is 0 Å². The van der Waals surface area contributed by atoms with Crippen LogP contribution in [0.15, 0.2) is 24.3 Å². The molecular formula is C20H29ClN2O2. The number of rotatable bonds is 5. The van der Waals surface area contributed by atoms with Crippen molar-refractivity contribution in [1.82, 2.24) is 10.2 Å². The van der Waals surface area contributed by atoms with Crippen molar-refractivity contribution in [2.75, 3.05) is 19.6 Å². The average molecular weight is 365 g/mol. The number of likely N-dealkylation sites (tertiary alicyclic amines) is 1. The minimum Gasteiger partial charge on any atom is -0.387 e. The number of nitrogens with zero attached hydrogens (tertiary/aromatic N) is 1. The summed E-state index contributed by atoms with van der Waals surface area (Å²) in [6.07, 6.45) is 7.32. The molecule has 1 aromatic carbocycles. The smallest absolute Gasteiger partial charge is 0.223 e. The van der Waals surface area contributed by atoms with E-state index in [-0.39, 0.29) is 11.8 Å². The lowest BCUT2D eigenvalue weighted by Crippen LogP contribution is -2.45. The third kappa shape index (κ3) is 5.44. The van der Waals surface area contributed by atoms with Crippen LogP contribution in [0.2, 0.25) is 5.02 Å². The summed E-state index contributed by atoms with van der Waals surface area (Å²) in [4.78, 5) is 14.7. The van der Waals surface area contributed by atoms with Crippen LogP contribution < -0.4 is 5.32 Å². The zero-order chi connectivity index (χ0) is 17.6. The molecule has 1 aliphatic carbocycles. The number of nitrogens with one attached hydrogen (secondary N) is 1. The molecule has 0 spiro atoms. The molecule has 138 valence electrons. The highest BCUT2D eigenvalue weighted by molar-refractivity contribution is 6.30. The topological polar surface area (TPSA) is 52.6 Å². The Morgan fingerprint density at radius 3 is 2.40 bits per heavy atom. The van der Waals surface area contributed by atoms with Crippen LogP contribution >= 0.6 is 11.6 Å². The van der Waals surface area contributed by atoms with Gasteiger partial charge in [0.2, 0.25) is 5.91 Å². The summed E-state index contributed by atoms with van der Waals surface area (Å²) in [5.74, 6) is 0.371. The Bertz CT molecular complexity index is 549. The molecule has 2 aliphatic rings. The van der Waals surface area contributed by atoms with Gasteiger partial charge in [-0.3, -0.25) is 4.79 Å². The lowest BCUT2D eigenvalue weighted by atomic mass is 9.92. The standard InChI is InChI=1S/C20H29ClN2O2/c21-17-8-6-15(7-9-17)19(24)14-23-12-10-16(11-13-23)20(25)22-18-4-2-1-3-5-18/h6-9,16,18-19,24H,1-5,10-14H2,(H,22,25)/t19-/m1/s1. The van der Waals surface area contributed by atoms with Crippen LogP contribution in [0.5, 0.6) is 0 Å². The van der Waals surface area contributed by atoms with E-state index in [4.69, 9.17) is 11.6 Å². The molecule has 1 amide bonds. The highest BCUT2D eigenvalue weighted by atomic mass is 35.5. The van der Waals surface area contributed by atoms with Crippen LogP contribution in [0.25, 0.3) is 0 Å². The summed E-state index contributed by atoms with van der Waals surface area (Å²) < 4.78 is 0. The number of piperidine rings is 1. The maximum Gasteiger partial charge on any atom is 0.223 e. The highest BCUT2D eigenvalue weighted by Gasteiger charge is 2.27. The van der Waals surface area contributed by atoms with E-state index >= 15 is 0 Å². The van der Waals surface area contributed by atoms with Crippen LogP contribution in [0, 0.1) is 5.92 Å². The van der Waals surface area contributed by atoms with Gasteiger partial charge in [0.25, 0.3) is 0 Å². The van der Waals surface area contributed by atoms with Crippen LogP contribution in [-0.4, -0.2) is 41.6 Å². The largest absolute Gasteiger partial charge is 0.387 e. The number of benzene rings is 1. The van der Waals surface area contributed by atoms with E-state index in [1.165, 1.54) is 19.3 Å². The predicted molar refractivity (Wildman–Crippen MR) is 101 cm³/mol. The van der Waals surface area contributed by atoms with Gasteiger partial charge in [-0.25, -0.2) is 0 Å². The maximum atomic E-state index is 12.5. The van der Waals surface area contributed by atoms with Crippen LogP contribution in [0.1, 0.15) is 56.6 Å². The second-order valence-corrected chi connectivity index (χ2v) is 7.92. The van der Waals surface area contributed by atoms with Gasteiger partial charge in [-0.15, -0.1) is 0 Å². The Morgan fingerprint density at radius 2 is 1.76 bits per heavy atom. The molecule has 0 radical (unpaired) electrons. The first kappa shape index (κ1) is 18.7. The molecule has 0 unspecified atom stereocenters. The molecule has 0 aromatic heterocycles. The first-order valence-electron chi connectivity index (χ1n) is 9.58. The number of aliphatic hydroxyl groups excluding tert-OH is 1. The van der Waals surface area contributed by atoms with Crippen molar-refractivity contribution < 1.29 is 9.90 Å². The van der Waals surface area contributed by atoms with E-state index in [2.05, 4.69) is 10.2 Å². The van der Waals surface area contributed by atoms with Gasteiger partial charge in [-0.1, -0.05) is 43.0 Å². The Kier molecular flexibility index (Phi) is 6.74. The zero-order valence-electron chi connectivity index (χ0n) is 14.8. The van der Waals surface area contributed by atoms with Gasteiger partial charge in [0, 0.05) is 23.5 Å². The van der Waals surface area contributed by atoms with Gasteiger partial charge >= 0.3 is 0 Å². The Morgan fingerprint density at radius 1 is 1.12 bits per heavy atom. The normalized spacial score (nSPS) is 21.8. The quantitative estimate of drug-likeness (QED) is 0.840. The number of hydrogen-bond acceptors (Lipinski definition) is 3. The number of carbonyl (C=O) groups is 1. The van der Waals surface area contributed by atoms with Gasteiger partial charge in [-0.2, -0.15) is 0 Å². The molecule has 1 saturated heterocycles. The Hall–Kier alpha value is -1.10. The fraction of sp³-hybridized carbons (Fsp3) is 0.650. The van der Waals surface area contributed by atoms with Crippen molar-refractivity contribution in [1.29, 1.82) is 0 Å². The molecule has 1 heterocycles. The number of hydrogen-bond donors (Lipinski definition) is 2. The molecule has 1 aliphatic heterocycles. The van der Waals surface area contributed by atoms with E-state index in [0.29, 0.717) is 17.6 Å². The first-order chi connectivity index (χ1) is 12.1. The fourth-order valence-corrected chi connectivity index (χ4v) is 4.10. The van der Waals surface area contributed by atoms with E-state index < -0.39 is 6.10 Å². The lowest BCUT2D eigenvalue weighted by Gasteiger charge is -2.33. The van der Waals surface area contributed by atoms with E-state index in [1.807, 2.05) is 24.3 Å². The number of aliphatic hydroxyl groups is 1. The predicted octanol–water partition coefficient (Wildman–Crippen LogP) is 3.53. The van der Waals surface area contributed by atoms with Crippen LogP contribution in [0.4, 0.5) is 0 Å². The van der Waals surface area contributed by atoms with Crippen molar-refractivity contribution >= 4 is 17.5 Å². The number of amides is 1. The van der Waals surface area contributed by atoms with Gasteiger partial charge in [0.1, 0.15) is 0 Å². The van der Waals surface area contributed by atoms with Gasteiger partial charge < -0.3 is 15.3 Å². The SMILES string of the molecule is O=C(NC1CCCCC1)C1CCN(C[C@@H](O)c2ccc(Cl)cc2)CC1. The van der Waals surface area contributed by atoms with Gasteiger partial charge in [0.15, 0.2) is 0 Å². The lowest BCUT2D eigenvalue weighted by molar-refractivity contribution is -0.127. The maximum absolute atomic E-state index is 12.5. The summed E-state index contributed by atoms with van der Waals surface area (Å²) >= 11 is 5.89. The summed E-state index contributed by atoms with van der Waals surface area (Å²) in [5.41, 5.74) is 0.890. The fourth-order valence-electron chi connectivity index (χ4n) is 3.98. The number of carbonyl (C=O) groups excluding carboxylic acids is 1. The van der Waals surface area contributed by atoms with E-state index in [1.54, 1.807) is 0 Å². The van der Waals surface area contributed by atoms with Gasteiger partial charge in [-0.05, 0) is 56.5 Å². The molecule has 1 aromatic rings. The molecular weight excluding hydrogens is 336 g/mol. The summed E-state index contributed by atoms with van der Waals surface area (Å²) in [5, 5.41) is 14.3. The highest BCUT2D eigenvalue weighted by Crippen LogP contribution is 2.23. The molecule has 25 heavy (non-hydrogen) atoms. The van der Waals surface area contributed by atoms with E-state index in [9.17, 15) is 9.90 Å². The van der Waals surface area contributed by atoms with Gasteiger partial charge in [0.05, 0.1) is 6.10 Å². The molecule has 2 fully saturated rings. The molecule has 1 atom stereocenters. The minimum absolute atomic E-state index is 0.130. The molecule has 3 rings (SSSR count). The molecule has 1 saturated carbocycles. The molecule has 0 bridgehead atoms. The molecule has 2 N–H and O–H groups in total. The van der Waals surface area contributed by atoms with Crippen molar-refractivity contribution in [3.05, 3.63) is 34.9 Å². The Labute approximate surface area is 155 Å². The summed E-state index contributed by atoms with van der Waals surface area (Å²) in [7, 11) is 0. The first-order valence-corrected chi connectivity index (χ1v) is 9.96. The zero-order valence-corrected chi connectivity index (χ0v) is 15.5. The summed E-state index contributed by atoms with van der Waals surface area (Å²) in [6, 6.07) is 7.75. The van der Waals surface area contributed by atoms with Crippen molar-refractivity contribution in [3.8, 4) is 0 Å². The second kappa shape index (κ2) is 9.02. The monoisotopic (exact) mass is 364 g/mol. The minimum atomic E-state index is -0.509. The van der Waals surface area contributed by atoms with Crippen molar-refractivity contribution in [2.45, 2.75) is 57.1 Å². The summed E-state index contributed by atoms with van der Waals surface area (Å²) in [6.45, 7) is 2.35.